The SMILES string of the molecule is Cc1cc(C)n(Cc2cc(CNC(C)C)ccc2F)n1. The third-order valence-electron chi connectivity index (χ3n) is 3.25. The minimum atomic E-state index is -0.175. The molecule has 0 radical (unpaired) electrons. The number of nitrogens with one attached hydrogen (secondary N) is 1. The number of benzene rings is 1. The third-order valence-corrected chi connectivity index (χ3v) is 3.25. The first-order valence-electron chi connectivity index (χ1n) is 6.97. The van der Waals surface area contributed by atoms with Crippen LogP contribution in [0.25, 0.3) is 0 Å². The predicted molar refractivity (Wildman–Crippen MR) is 79.2 cm³/mol. The van der Waals surface area contributed by atoms with E-state index >= 15 is 0 Å². The van der Waals surface area contributed by atoms with E-state index in [1.54, 1.807) is 6.07 Å². The second-order valence-corrected chi connectivity index (χ2v) is 5.55. The van der Waals surface area contributed by atoms with Gasteiger partial charge in [0.2, 0.25) is 0 Å². The molecule has 0 fully saturated rings. The first-order chi connectivity index (χ1) is 9.45. The first kappa shape index (κ1) is 14.7. The van der Waals surface area contributed by atoms with E-state index in [0.717, 1.165) is 23.5 Å². The molecule has 4 heteroatoms. The highest BCUT2D eigenvalue weighted by molar-refractivity contribution is 5.26. The maximum absolute atomic E-state index is 13.9. The van der Waals surface area contributed by atoms with Crippen LogP contribution in [0.4, 0.5) is 4.39 Å². The Morgan fingerprint density at radius 1 is 1.25 bits per heavy atom. The van der Waals surface area contributed by atoms with E-state index < -0.39 is 0 Å². The second-order valence-electron chi connectivity index (χ2n) is 5.55. The van der Waals surface area contributed by atoms with Crippen LogP contribution in [0, 0.1) is 19.7 Å². The van der Waals surface area contributed by atoms with Crippen molar-refractivity contribution >= 4 is 0 Å². The zero-order valence-corrected chi connectivity index (χ0v) is 12.6. The summed E-state index contributed by atoms with van der Waals surface area (Å²) in [6, 6.07) is 7.70. The molecular formula is C16H22FN3. The van der Waals surface area contributed by atoms with Crippen molar-refractivity contribution in [1.29, 1.82) is 0 Å². The number of nitrogens with zero attached hydrogens (tertiary/aromatic N) is 2. The van der Waals surface area contributed by atoms with Gasteiger partial charge in [0.1, 0.15) is 5.82 Å². The van der Waals surface area contributed by atoms with Crippen LogP contribution in [0.2, 0.25) is 0 Å². The molecular weight excluding hydrogens is 253 g/mol. The van der Waals surface area contributed by atoms with Gasteiger partial charge in [-0.15, -0.1) is 0 Å². The Morgan fingerprint density at radius 2 is 2.00 bits per heavy atom. The van der Waals surface area contributed by atoms with E-state index in [1.807, 2.05) is 36.7 Å². The Labute approximate surface area is 119 Å². The maximum atomic E-state index is 13.9. The lowest BCUT2D eigenvalue weighted by molar-refractivity contribution is 0.569. The van der Waals surface area contributed by atoms with Gasteiger partial charge in [-0.2, -0.15) is 5.10 Å². The van der Waals surface area contributed by atoms with Crippen molar-refractivity contribution in [3.05, 3.63) is 52.6 Å². The van der Waals surface area contributed by atoms with Gasteiger partial charge < -0.3 is 5.32 Å². The van der Waals surface area contributed by atoms with Crippen molar-refractivity contribution in [2.45, 2.75) is 46.8 Å². The van der Waals surface area contributed by atoms with Gasteiger partial charge in [-0.1, -0.05) is 19.9 Å². The largest absolute Gasteiger partial charge is 0.310 e. The fourth-order valence-corrected chi connectivity index (χ4v) is 2.18. The first-order valence-corrected chi connectivity index (χ1v) is 6.97. The van der Waals surface area contributed by atoms with Crippen LogP contribution < -0.4 is 5.32 Å². The van der Waals surface area contributed by atoms with Crippen LogP contribution >= 0.6 is 0 Å². The normalized spacial score (nSPS) is 11.3. The van der Waals surface area contributed by atoms with Crippen LogP contribution in [-0.2, 0) is 13.1 Å². The molecule has 1 N–H and O–H groups in total. The van der Waals surface area contributed by atoms with Crippen LogP contribution in [0.5, 0.6) is 0 Å². The topological polar surface area (TPSA) is 29.9 Å². The molecule has 0 saturated carbocycles. The summed E-state index contributed by atoms with van der Waals surface area (Å²) < 4.78 is 15.8. The number of halogens is 1. The minimum Gasteiger partial charge on any atom is -0.310 e. The molecule has 3 nitrogen and oxygen atoms in total. The number of hydrogen-bond donors (Lipinski definition) is 1. The van der Waals surface area contributed by atoms with Crippen LogP contribution in [-0.4, -0.2) is 15.8 Å². The second kappa shape index (κ2) is 6.18. The average Bonchev–Trinajstić information content (AvgIpc) is 2.68. The molecule has 0 aliphatic heterocycles. The molecule has 108 valence electrons. The van der Waals surface area contributed by atoms with Crippen molar-refractivity contribution in [2.75, 3.05) is 0 Å². The van der Waals surface area contributed by atoms with E-state index in [4.69, 9.17) is 0 Å². The van der Waals surface area contributed by atoms with E-state index in [0.29, 0.717) is 18.2 Å². The summed E-state index contributed by atoms with van der Waals surface area (Å²) >= 11 is 0. The summed E-state index contributed by atoms with van der Waals surface area (Å²) in [7, 11) is 0. The van der Waals surface area contributed by atoms with Crippen molar-refractivity contribution in [3.8, 4) is 0 Å². The van der Waals surface area contributed by atoms with Gasteiger partial charge in [0.15, 0.2) is 0 Å². The number of rotatable bonds is 5. The van der Waals surface area contributed by atoms with Gasteiger partial charge in [0, 0.05) is 23.8 Å². The zero-order valence-electron chi connectivity index (χ0n) is 12.6. The Kier molecular flexibility index (Phi) is 4.55. The molecule has 2 aromatic rings. The summed E-state index contributed by atoms with van der Waals surface area (Å²) in [5, 5.41) is 7.73. The fourth-order valence-electron chi connectivity index (χ4n) is 2.18. The standard InChI is InChI=1S/C16H22FN3/c1-11(2)18-9-14-5-6-16(17)15(8-14)10-20-13(4)7-12(3)19-20/h5-8,11,18H,9-10H2,1-4H3. The molecule has 1 aromatic carbocycles. The molecule has 1 aromatic heterocycles. The molecule has 2 rings (SSSR count). The van der Waals surface area contributed by atoms with Gasteiger partial charge in [-0.3, -0.25) is 4.68 Å². The predicted octanol–water partition coefficient (Wildman–Crippen LogP) is 3.19. The summed E-state index contributed by atoms with van der Waals surface area (Å²) in [6.45, 7) is 9.36. The molecule has 1 heterocycles. The van der Waals surface area contributed by atoms with Crippen molar-refractivity contribution in [1.82, 2.24) is 15.1 Å². The van der Waals surface area contributed by atoms with Gasteiger partial charge in [0.05, 0.1) is 12.2 Å². The monoisotopic (exact) mass is 275 g/mol. The van der Waals surface area contributed by atoms with Gasteiger partial charge in [0.25, 0.3) is 0 Å². The van der Waals surface area contributed by atoms with Crippen LogP contribution in [0.15, 0.2) is 24.3 Å². The van der Waals surface area contributed by atoms with E-state index in [1.165, 1.54) is 0 Å². The molecule has 0 aliphatic carbocycles. The summed E-state index contributed by atoms with van der Waals surface area (Å²) in [5.74, 6) is -0.175. The highest BCUT2D eigenvalue weighted by Crippen LogP contribution is 2.14. The molecule has 0 aliphatic rings. The van der Waals surface area contributed by atoms with E-state index in [9.17, 15) is 4.39 Å². The Hall–Kier alpha value is -1.68. The Balaban J connectivity index is 2.18. The molecule has 0 atom stereocenters. The van der Waals surface area contributed by atoms with E-state index in [2.05, 4.69) is 24.3 Å². The van der Waals surface area contributed by atoms with Crippen molar-refractivity contribution in [2.24, 2.45) is 0 Å². The van der Waals surface area contributed by atoms with Gasteiger partial charge in [-0.25, -0.2) is 4.39 Å². The highest BCUT2D eigenvalue weighted by Gasteiger charge is 2.08. The number of hydrogen-bond acceptors (Lipinski definition) is 2. The smallest absolute Gasteiger partial charge is 0.128 e. The van der Waals surface area contributed by atoms with E-state index in [-0.39, 0.29) is 5.82 Å². The van der Waals surface area contributed by atoms with Crippen LogP contribution in [0.3, 0.4) is 0 Å². The lowest BCUT2D eigenvalue weighted by Crippen LogP contribution is -2.22. The lowest BCUT2D eigenvalue weighted by atomic mass is 10.1. The fraction of sp³-hybridized carbons (Fsp3) is 0.438. The highest BCUT2D eigenvalue weighted by atomic mass is 19.1. The average molecular weight is 275 g/mol. The summed E-state index contributed by atoms with van der Waals surface area (Å²) in [6.07, 6.45) is 0. The summed E-state index contributed by atoms with van der Waals surface area (Å²) in [5.41, 5.74) is 3.78. The maximum Gasteiger partial charge on any atom is 0.128 e. The third kappa shape index (κ3) is 3.67. The molecule has 0 bridgehead atoms. The Bertz CT molecular complexity index is 587. The molecule has 0 saturated heterocycles. The van der Waals surface area contributed by atoms with Crippen molar-refractivity contribution < 1.29 is 4.39 Å². The number of aromatic nitrogens is 2. The molecule has 0 unspecified atom stereocenters. The van der Waals surface area contributed by atoms with Crippen LogP contribution in [0.1, 0.15) is 36.4 Å². The summed E-state index contributed by atoms with van der Waals surface area (Å²) in [4.78, 5) is 0. The lowest BCUT2D eigenvalue weighted by Gasteiger charge is -2.11. The quantitative estimate of drug-likeness (QED) is 0.908. The molecule has 0 amide bonds. The van der Waals surface area contributed by atoms with Gasteiger partial charge in [-0.05, 0) is 37.6 Å². The van der Waals surface area contributed by atoms with Crippen molar-refractivity contribution in [3.63, 3.8) is 0 Å². The van der Waals surface area contributed by atoms with Gasteiger partial charge >= 0.3 is 0 Å². The minimum absolute atomic E-state index is 0.175. The zero-order chi connectivity index (χ0) is 14.7. The Morgan fingerprint density at radius 3 is 2.60 bits per heavy atom. The molecule has 0 spiro atoms. The number of aryl methyl sites for hydroxylation is 2. The molecule has 20 heavy (non-hydrogen) atoms.